The average molecular weight is 289 g/mol. The number of thiazole rings is 1. The van der Waals surface area contributed by atoms with E-state index in [-0.39, 0.29) is 5.69 Å². The Morgan fingerprint density at radius 1 is 1.40 bits per heavy atom. The van der Waals surface area contributed by atoms with Crippen molar-refractivity contribution in [3.63, 3.8) is 0 Å². The molecule has 5 heteroatoms. The van der Waals surface area contributed by atoms with Gasteiger partial charge in [-0.15, -0.1) is 11.3 Å². The molecule has 0 amide bonds. The van der Waals surface area contributed by atoms with Crippen molar-refractivity contribution in [2.45, 2.75) is 25.4 Å². The van der Waals surface area contributed by atoms with E-state index in [0.717, 1.165) is 23.4 Å². The molecule has 1 saturated heterocycles. The summed E-state index contributed by atoms with van der Waals surface area (Å²) in [5.74, 6) is -0.993. The topological polar surface area (TPSA) is 59.4 Å². The molecule has 2 aromatic rings. The van der Waals surface area contributed by atoms with Gasteiger partial charge in [0.2, 0.25) is 0 Å². The summed E-state index contributed by atoms with van der Waals surface area (Å²) in [5, 5.41) is 10.1. The van der Waals surface area contributed by atoms with Crippen LogP contribution in [0.1, 0.15) is 35.3 Å². The lowest BCUT2D eigenvalue weighted by Gasteiger charge is -2.19. The molecule has 1 aromatic carbocycles. The Labute approximate surface area is 121 Å². The summed E-state index contributed by atoms with van der Waals surface area (Å²) in [6, 6.07) is 9.51. The Balaban J connectivity index is 2.10. The summed E-state index contributed by atoms with van der Waals surface area (Å²) in [6.07, 6.45) is 1.87. The molecule has 0 spiro atoms. The Kier molecular flexibility index (Phi) is 3.31. The lowest BCUT2D eigenvalue weighted by molar-refractivity contribution is 0.0165. The van der Waals surface area contributed by atoms with Crippen molar-refractivity contribution in [3.8, 4) is 10.4 Å². The van der Waals surface area contributed by atoms with Gasteiger partial charge < -0.3 is 9.84 Å². The van der Waals surface area contributed by atoms with E-state index in [0.29, 0.717) is 11.5 Å². The van der Waals surface area contributed by atoms with Gasteiger partial charge >= 0.3 is 5.97 Å². The number of aromatic nitrogens is 1. The minimum atomic E-state index is -0.993. The molecular weight excluding hydrogens is 274 g/mol. The van der Waals surface area contributed by atoms with Gasteiger partial charge in [-0.1, -0.05) is 30.3 Å². The summed E-state index contributed by atoms with van der Waals surface area (Å²) in [4.78, 5) is 16.5. The number of aromatic carboxylic acids is 1. The number of benzene rings is 1. The predicted octanol–water partition coefficient (Wildman–Crippen LogP) is 3.53. The molecule has 2 heterocycles. The van der Waals surface area contributed by atoms with Crippen LogP contribution >= 0.6 is 11.3 Å². The van der Waals surface area contributed by atoms with E-state index in [1.165, 1.54) is 11.3 Å². The third-order valence-corrected chi connectivity index (χ3v) is 4.89. The van der Waals surface area contributed by atoms with E-state index in [1.54, 1.807) is 0 Å². The molecule has 104 valence electrons. The van der Waals surface area contributed by atoms with Crippen LogP contribution in [-0.2, 0) is 10.3 Å². The number of carboxylic acid groups (broad SMARTS) is 1. The summed E-state index contributed by atoms with van der Waals surface area (Å²) in [7, 11) is 0. The van der Waals surface area contributed by atoms with Gasteiger partial charge in [-0.25, -0.2) is 9.78 Å². The number of carbonyl (C=O) groups is 1. The molecule has 20 heavy (non-hydrogen) atoms. The van der Waals surface area contributed by atoms with Crippen LogP contribution in [-0.4, -0.2) is 22.7 Å². The zero-order chi connectivity index (χ0) is 14.2. The first-order valence-electron chi connectivity index (χ1n) is 6.54. The van der Waals surface area contributed by atoms with Gasteiger partial charge in [0, 0.05) is 6.61 Å². The Morgan fingerprint density at radius 2 is 2.15 bits per heavy atom. The number of carboxylic acids is 1. The zero-order valence-corrected chi connectivity index (χ0v) is 11.9. The number of hydrogen-bond donors (Lipinski definition) is 1. The first-order chi connectivity index (χ1) is 9.60. The van der Waals surface area contributed by atoms with Crippen LogP contribution in [0.3, 0.4) is 0 Å². The van der Waals surface area contributed by atoms with Crippen molar-refractivity contribution in [2.24, 2.45) is 0 Å². The molecular formula is C15H15NO3S. The molecule has 1 aliphatic heterocycles. The third kappa shape index (κ3) is 2.23. The first-order valence-corrected chi connectivity index (χ1v) is 7.36. The van der Waals surface area contributed by atoms with Crippen LogP contribution in [0.15, 0.2) is 30.3 Å². The normalized spacial score (nSPS) is 22.1. The second kappa shape index (κ2) is 5.00. The summed E-state index contributed by atoms with van der Waals surface area (Å²) >= 11 is 1.42. The lowest BCUT2D eigenvalue weighted by Crippen LogP contribution is -2.19. The van der Waals surface area contributed by atoms with Gasteiger partial charge in [0.25, 0.3) is 0 Å². The molecule has 1 atom stereocenters. The Morgan fingerprint density at radius 3 is 2.75 bits per heavy atom. The van der Waals surface area contributed by atoms with E-state index >= 15 is 0 Å². The van der Waals surface area contributed by atoms with Gasteiger partial charge in [-0.05, 0) is 25.3 Å². The smallest absolute Gasteiger partial charge is 0.356 e. The highest BCUT2D eigenvalue weighted by Gasteiger charge is 2.36. The predicted molar refractivity (Wildman–Crippen MR) is 77.0 cm³/mol. The van der Waals surface area contributed by atoms with Crippen molar-refractivity contribution in [1.82, 2.24) is 4.98 Å². The highest BCUT2D eigenvalue weighted by Crippen LogP contribution is 2.41. The van der Waals surface area contributed by atoms with E-state index in [9.17, 15) is 9.90 Å². The SMILES string of the molecule is CC1(c2nc(C(=O)O)c(-c3ccccc3)s2)CCCO1. The second-order valence-electron chi connectivity index (χ2n) is 5.05. The molecule has 0 radical (unpaired) electrons. The molecule has 1 fully saturated rings. The molecule has 1 aliphatic rings. The molecule has 4 nitrogen and oxygen atoms in total. The Bertz CT molecular complexity index is 630. The van der Waals surface area contributed by atoms with Crippen LogP contribution in [0.25, 0.3) is 10.4 Å². The number of rotatable bonds is 3. The second-order valence-corrected chi connectivity index (χ2v) is 6.05. The summed E-state index contributed by atoms with van der Waals surface area (Å²) in [6.45, 7) is 2.69. The van der Waals surface area contributed by atoms with Gasteiger partial charge in [-0.2, -0.15) is 0 Å². The van der Waals surface area contributed by atoms with Gasteiger partial charge in [0.05, 0.1) is 4.88 Å². The Hall–Kier alpha value is -1.72. The van der Waals surface area contributed by atoms with Crippen molar-refractivity contribution in [3.05, 3.63) is 41.0 Å². The first kappa shape index (κ1) is 13.3. The monoisotopic (exact) mass is 289 g/mol. The summed E-state index contributed by atoms with van der Waals surface area (Å²) < 4.78 is 5.77. The fourth-order valence-electron chi connectivity index (χ4n) is 2.42. The van der Waals surface area contributed by atoms with Crippen LogP contribution in [0.5, 0.6) is 0 Å². The largest absolute Gasteiger partial charge is 0.476 e. The molecule has 3 rings (SSSR count). The highest BCUT2D eigenvalue weighted by molar-refractivity contribution is 7.15. The van der Waals surface area contributed by atoms with E-state index in [2.05, 4.69) is 4.98 Å². The number of nitrogens with zero attached hydrogens (tertiary/aromatic N) is 1. The van der Waals surface area contributed by atoms with E-state index < -0.39 is 11.6 Å². The fraction of sp³-hybridized carbons (Fsp3) is 0.333. The molecule has 0 saturated carbocycles. The van der Waals surface area contributed by atoms with Crippen LogP contribution in [0.4, 0.5) is 0 Å². The number of ether oxygens (including phenoxy) is 1. The van der Waals surface area contributed by atoms with Crippen molar-refractivity contribution < 1.29 is 14.6 Å². The number of hydrogen-bond acceptors (Lipinski definition) is 4. The molecule has 1 N–H and O–H groups in total. The third-order valence-electron chi connectivity index (χ3n) is 3.54. The maximum atomic E-state index is 11.4. The maximum absolute atomic E-state index is 11.4. The lowest BCUT2D eigenvalue weighted by atomic mass is 10.0. The van der Waals surface area contributed by atoms with E-state index in [4.69, 9.17) is 4.74 Å². The van der Waals surface area contributed by atoms with Gasteiger partial charge in [0.1, 0.15) is 10.6 Å². The average Bonchev–Trinajstić information content (AvgIpc) is 3.07. The zero-order valence-electron chi connectivity index (χ0n) is 11.1. The van der Waals surface area contributed by atoms with Crippen LogP contribution < -0.4 is 0 Å². The van der Waals surface area contributed by atoms with Crippen LogP contribution in [0, 0.1) is 0 Å². The van der Waals surface area contributed by atoms with E-state index in [1.807, 2.05) is 37.3 Å². The standard InChI is InChI=1S/C15H15NO3S/c1-15(8-5-9-19-15)14-16-11(13(17)18)12(20-14)10-6-3-2-4-7-10/h2-4,6-7H,5,8-9H2,1H3,(H,17,18). The molecule has 0 aliphatic carbocycles. The highest BCUT2D eigenvalue weighted by atomic mass is 32.1. The van der Waals surface area contributed by atoms with Crippen LogP contribution in [0.2, 0.25) is 0 Å². The van der Waals surface area contributed by atoms with Crippen molar-refractivity contribution in [1.29, 1.82) is 0 Å². The minimum absolute atomic E-state index is 0.118. The van der Waals surface area contributed by atoms with Crippen molar-refractivity contribution in [2.75, 3.05) is 6.61 Å². The molecule has 1 aromatic heterocycles. The van der Waals surface area contributed by atoms with Gasteiger partial charge in [-0.3, -0.25) is 0 Å². The molecule has 1 unspecified atom stereocenters. The molecule has 0 bridgehead atoms. The summed E-state index contributed by atoms with van der Waals surface area (Å²) in [5.41, 5.74) is 0.560. The quantitative estimate of drug-likeness (QED) is 0.939. The van der Waals surface area contributed by atoms with Crippen molar-refractivity contribution >= 4 is 17.3 Å². The maximum Gasteiger partial charge on any atom is 0.356 e. The minimum Gasteiger partial charge on any atom is -0.476 e. The van der Waals surface area contributed by atoms with Gasteiger partial charge in [0.15, 0.2) is 5.69 Å². The fourth-order valence-corrected chi connectivity index (χ4v) is 3.61.